The molecule has 0 fully saturated rings. The van der Waals surface area contributed by atoms with Gasteiger partial charge in [0.25, 0.3) is 5.91 Å². The van der Waals surface area contributed by atoms with Gasteiger partial charge in [-0.1, -0.05) is 48.0 Å². The van der Waals surface area contributed by atoms with E-state index >= 15 is 0 Å². The minimum atomic E-state index is -3.48. The molecule has 3 rings (SSSR count). The summed E-state index contributed by atoms with van der Waals surface area (Å²) < 4.78 is 31.6. The van der Waals surface area contributed by atoms with Crippen LogP contribution in [0.5, 0.6) is 5.75 Å². The third-order valence-corrected chi connectivity index (χ3v) is 5.90. The zero-order chi connectivity index (χ0) is 22.4. The number of carbonyl (C=O) groups is 1. The number of anilines is 2. The molecule has 0 radical (unpaired) electrons. The maximum atomic E-state index is 12.3. The Morgan fingerprint density at radius 2 is 1.58 bits per heavy atom. The van der Waals surface area contributed by atoms with Gasteiger partial charge in [-0.3, -0.25) is 9.10 Å². The molecule has 0 aliphatic carbocycles. The monoisotopic (exact) mass is 438 g/mol. The van der Waals surface area contributed by atoms with Crippen molar-refractivity contribution < 1.29 is 17.9 Å². The lowest BCUT2D eigenvalue weighted by atomic mass is 10.1. The Balaban J connectivity index is 1.65. The fraction of sp³-hybridized carbons (Fsp3) is 0.208. The van der Waals surface area contributed by atoms with Gasteiger partial charge in [0.15, 0.2) is 6.61 Å². The Labute approximate surface area is 183 Å². The summed E-state index contributed by atoms with van der Waals surface area (Å²) in [7, 11) is -3.48. The first-order valence-corrected chi connectivity index (χ1v) is 11.7. The van der Waals surface area contributed by atoms with Crippen LogP contribution in [0.4, 0.5) is 11.4 Å². The van der Waals surface area contributed by atoms with E-state index in [2.05, 4.69) is 5.32 Å². The molecular formula is C24H26N2O4S. The number of hydrogen-bond donors (Lipinski definition) is 1. The molecule has 0 saturated heterocycles. The average molecular weight is 439 g/mol. The highest BCUT2D eigenvalue weighted by Crippen LogP contribution is 2.24. The Hall–Kier alpha value is -3.32. The molecule has 6 nitrogen and oxygen atoms in total. The fourth-order valence-corrected chi connectivity index (χ4v) is 3.90. The van der Waals surface area contributed by atoms with Gasteiger partial charge in [-0.25, -0.2) is 8.42 Å². The van der Waals surface area contributed by atoms with E-state index in [1.54, 1.807) is 24.3 Å². The van der Waals surface area contributed by atoms with Crippen LogP contribution in [0.2, 0.25) is 0 Å². The summed E-state index contributed by atoms with van der Waals surface area (Å²) in [5.41, 5.74) is 4.24. The number of aryl methyl sites for hydroxylation is 2. The van der Waals surface area contributed by atoms with Crippen molar-refractivity contribution in [1.82, 2.24) is 0 Å². The van der Waals surface area contributed by atoms with Gasteiger partial charge in [-0.15, -0.1) is 0 Å². The minimum Gasteiger partial charge on any atom is -0.484 e. The van der Waals surface area contributed by atoms with Gasteiger partial charge in [0.2, 0.25) is 10.0 Å². The number of hydrogen-bond acceptors (Lipinski definition) is 4. The molecule has 0 heterocycles. The average Bonchev–Trinajstić information content (AvgIpc) is 2.73. The predicted octanol–water partition coefficient (Wildman–Crippen LogP) is 4.29. The van der Waals surface area contributed by atoms with E-state index in [9.17, 15) is 13.2 Å². The lowest BCUT2D eigenvalue weighted by molar-refractivity contribution is -0.118. The van der Waals surface area contributed by atoms with Crippen LogP contribution >= 0.6 is 0 Å². The number of para-hydroxylation sites is 1. The van der Waals surface area contributed by atoms with E-state index in [4.69, 9.17) is 4.74 Å². The molecule has 0 aliphatic heterocycles. The third kappa shape index (κ3) is 6.33. The van der Waals surface area contributed by atoms with E-state index in [-0.39, 0.29) is 19.1 Å². The molecule has 3 aromatic carbocycles. The van der Waals surface area contributed by atoms with Gasteiger partial charge in [0.1, 0.15) is 5.75 Å². The van der Waals surface area contributed by atoms with Crippen molar-refractivity contribution in [3.05, 3.63) is 89.5 Å². The molecule has 0 spiro atoms. The lowest BCUT2D eigenvalue weighted by Gasteiger charge is -2.23. The van der Waals surface area contributed by atoms with Crippen molar-refractivity contribution in [3.63, 3.8) is 0 Å². The van der Waals surface area contributed by atoms with Gasteiger partial charge >= 0.3 is 0 Å². The molecule has 0 aliphatic rings. The molecule has 0 bridgehead atoms. The van der Waals surface area contributed by atoms with Crippen LogP contribution in [0.25, 0.3) is 0 Å². The quantitative estimate of drug-likeness (QED) is 0.569. The molecular weight excluding hydrogens is 412 g/mol. The second-order valence-electron chi connectivity index (χ2n) is 7.40. The van der Waals surface area contributed by atoms with Gasteiger partial charge in [-0.05, 0) is 55.3 Å². The van der Waals surface area contributed by atoms with E-state index in [1.165, 1.54) is 10.6 Å². The second kappa shape index (κ2) is 9.66. The topological polar surface area (TPSA) is 75.7 Å². The molecule has 3 aromatic rings. The smallest absolute Gasteiger partial charge is 0.262 e. The number of nitrogens with zero attached hydrogens (tertiary/aromatic N) is 1. The predicted molar refractivity (Wildman–Crippen MR) is 124 cm³/mol. The number of sulfonamides is 1. The van der Waals surface area contributed by atoms with Crippen molar-refractivity contribution in [1.29, 1.82) is 0 Å². The molecule has 1 amide bonds. The van der Waals surface area contributed by atoms with E-state index in [0.717, 1.165) is 22.4 Å². The summed E-state index contributed by atoms with van der Waals surface area (Å²) >= 11 is 0. The van der Waals surface area contributed by atoms with Gasteiger partial charge < -0.3 is 10.1 Å². The zero-order valence-electron chi connectivity index (χ0n) is 17.8. The van der Waals surface area contributed by atoms with Crippen molar-refractivity contribution in [2.45, 2.75) is 20.4 Å². The van der Waals surface area contributed by atoms with E-state index in [0.29, 0.717) is 11.4 Å². The summed E-state index contributed by atoms with van der Waals surface area (Å²) in [6, 6.07) is 21.9. The number of rotatable bonds is 8. The Morgan fingerprint density at radius 1 is 0.935 bits per heavy atom. The SMILES string of the molecule is Cc1ccc(CN(c2ccc(OCC(=O)Nc3ccccc3C)cc2)S(C)(=O)=O)cc1. The third-order valence-electron chi connectivity index (χ3n) is 4.76. The number of benzene rings is 3. The summed E-state index contributed by atoms with van der Waals surface area (Å²) in [6.07, 6.45) is 1.18. The lowest BCUT2D eigenvalue weighted by Crippen LogP contribution is -2.29. The molecule has 7 heteroatoms. The molecule has 0 aromatic heterocycles. The normalized spacial score (nSPS) is 11.1. The zero-order valence-corrected chi connectivity index (χ0v) is 18.6. The first kappa shape index (κ1) is 22.4. The molecule has 0 atom stereocenters. The largest absolute Gasteiger partial charge is 0.484 e. The van der Waals surface area contributed by atoms with Crippen LogP contribution in [0.3, 0.4) is 0 Å². The molecule has 1 N–H and O–H groups in total. The molecule has 0 unspecified atom stereocenters. The van der Waals surface area contributed by atoms with Crippen molar-refractivity contribution in [2.24, 2.45) is 0 Å². The maximum Gasteiger partial charge on any atom is 0.262 e. The number of carbonyl (C=O) groups excluding carboxylic acids is 1. The summed E-state index contributed by atoms with van der Waals surface area (Å²) in [4.78, 5) is 12.1. The first-order valence-electron chi connectivity index (χ1n) is 9.84. The number of nitrogens with one attached hydrogen (secondary N) is 1. The highest BCUT2D eigenvalue weighted by molar-refractivity contribution is 7.92. The first-order chi connectivity index (χ1) is 14.7. The summed E-state index contributed by atoms with van der Waals surface area (Å²) in [5, 5.41) is 2.81. The standard InChI is InChI=1S/C24H26N2O4S/c1-18-8-10-20(11-9-18)16-26(31(3,28)29)21-12-14-22(15-13-21)30-17-24(27)25-23-7-5-4-6-19(23)2/h4-15H,16-17H2,1-3H3,(H,25,27). The minimum absolute atomic E-state index is 0.146. The Kier molecular flexibility index (Phi) is 6.97. The van der Waals surface area contributed by atoms with Crippen LogP contribution in [-0.2, 0) is 21.4 Å². The molecule has 31 heavy (non-hydrogen) atoms. The van der Waals surface area contributed by atoms with Crippen LogP contribution < -0.4 is 14.4 Å². The van der Waals surface area contributed by atoms with E-state index in [1.807, 2.05) is 62.4 Å². The van der Waals surface area contributed by atoms with Gasteiger partial charge in [-0.2, -0.15) is 0 Å². The van der Waals surface area contributed by atoms with Gasteiger partial charge in [0.05, 0.1) is 18.5 Å². The van der Waals surface area contributed by atoms with Gasteiger partial charge in [0, 0.05) is 5.69 Å². The second-order valence-corrected chi connectivity index (χ2v) is 9.31. The summed E-state index contributed by atoms with van der Waals surface area (Å²) in [5.74, 6) is 0.211. The summed E-state index contributed by atoms with van der Waals surface area (Å²) in [6.45, 7) is 3.99. The highest BCUT2D eigenvalue weighted by atomic mass is 32.2. The fourth-order valence-electron chi connectivity index (χ4n) is 3.02. The van der Waals surface area contributed by atoms with Crippen LogP contribution in [0.15, 0.2) is 72.8 Å². The van der Waals surface area contributed by atoms with E-state index < -0.39 is 10.0 Å². The van der Waals surface area contributed by atoms with Crippen molar-refractivity contribution in [2.75, 3.05) is 22.5 Å². The maximum absolute atomic E-state index is 12.3. The van der Waals surface area contributed by atoms with Crippen LogP contribution in [0.1, 0.15) is 16.7 Å². The molecule has 0 saturated carbocycles. The Morgan fingerprint density at radius 3 is 2.19 bits per heavy atom. The molecule has 162 valence electrons. The van der Waals surface area contributed by atoms with Crippen LogP contribution in [-0.4, -0.2) is 27.2 Å². The Bertz CT molecular complexity index is 1140. The van der Waals surface area contributed by atoms with Crippen LogP contribution in [0, 0.1) is 13.8 Å². The number of ether oxygens (including phenoxy) is 1. The highest BCUT2D eigenvalue weighted by Gasteiger charge is 2.18. The number of amides is 1. The van der Waals surface area contributed by atoms with Crippen molar-refractivity contribution in [3.8, 4) is 5.75 Å². The van der Waals surface area contributed by atoms with Crippen molar-refractivity contribution >= 4 is 27.3 Å².